The molecule has 2 aromatic rings. The molecule has 0 spiro atoms. The van der Waals surface area contributed by atoms with E-state index in [1.165, 1.54) is 0 Å². The van der Waals surface area contributed by atoms with E-state index in [1.807, 2.05) is 31.4 Å². The van der Waals surface area contributed by atoms with Crippen LogP contribution in [0.15, 0.2) is 74.4 Å². The highest BCUT2D eigenvalue weighted by molar-refractivity contribution is 5.92. The quantitative estimate of drug-likeness (QED) is 0.139. The number of allylic oxidation sites excluding steroid dienone is 5. The molecule has 3 aliphatic heterocycles. The van der Waals surface area contributed by atoms with E-state index in [0.29, 0.717) is 60.5 Å². The minimum atomic E-state index is -1.10. The van der Waals surface area contributed by atoms with Crippen LogP contribution in [0.4, 0.5) is 0 Å². The highest BCUT2D eigenvalue weighted by Gasteiger charge is 2.47. The zero-order valence-corrected chi connectivity index (χ0v) is 27.0. The Morgan fingerprint density at radius 1 is 1.32 bits per heavy atom. The molecule has 12 heteroatoms. The van der Waals surface area contributed by atoms with Crippen LogP contribution in [-0.4, -0.2) is 52.3 Å². The summed E-state index contributed by atoms with van der Waals surface area (Å²) in [7, 11) is 0. The molecule has 5 rings (SSSR count). The number of hydrogen-bond acceptors (Lipinski definition) is 12. The van der Waals surface area contributed by atoms with Crippen molar-refractivity contribution in [2.75, 3.05) is 13.2 Å². The Morgan fingerprint density at radius 2 is 2.11 bits per heavy atom. The minimum Gasteiger partial charge on any atom is -0.507 e. The topological polar surface area (TPSA) is 203 Å². The summed E-state index contributed by atoms with van der Waals surface area (Å²) in [5.74, 6) is -0.575. The first kappa shape index (κ1) is 33.8. The second-order valence-corrected chi connectivity index (χ2v) is 12.4. The van der Waals surface area contributed by atoms with Crippen molar-refractivity contribution in [3.63, 3.8) is 0 Å². The molecule has 0 fully saturated rings. The minimum absolute atomic E-state index is 0.0206. The average molecular weight is 649 g/mol. The van der Waals surface area contributed by atoms with Crippen LogP contribution in [0.2, 0.25) is 0 Å². The van der Waals surface area contributed by atoms with Gasteiger partial charge in [-0.2, -0.15) is 0 Å². The number of nitrogens with two attached hydrogens (primary N) is 2. The highest BCUT2D eigenvalue weighted by atomic mass is 16.6. The monoisotopic (exact) mass is 648 g/mol. The van der Waals surface area contributed by atoms with E-state index in [-0.39, 0.29) is 41.7 Å². The number of nitrogens with one attached hydrogen (secondary N) is 2. The van der Waals surface area contributed by atoms with Gasteiger partial charge < -0.3 is 51.3 Å². The normalized spacial score (nSPS) is 23.0. The fourth-order valence-electron chi connectivity index (χ4n) is 6.27. The molecule has 1 aromatic carbocycles. The fourth-order valence-corrected chi connectivity index (χ4v) is 6.27. The SMILES string of the molecule is C/C=C(/C)C(=O)O[C@@H]1Cc2c(c([C@H](CCCO)C3=CCNC(N)=C3)c3oc(CO)cc(=O)c3c2O)O[C@@]1(C)CCC1=CNC(N)C=C1. The molecule has 9 N–H and O–H groups in total. The van der Waals surface area contributed by atoms with Gasteiger partial charge in [0.2, 0.25) is 0 Å². The van der Waals surface area contributed by atoms with Gasteiger partial charge >= 0.3 is 5.97 Å². The molecule has 47 heavy (non-hydrogen) atoms. The number of esters is 1. The molecule has 0 amide bonds. The van der Waals surface area contributed by atoms with E-state index in [4.69, 9.17) is 25.4 Å². The van der Waals surface area contributed by atoms with Crippen molar-refractivity contribution in [2.24, 2.45) is 11.5 Å². The number of aromatic hydroxyl groups is 1. The number of hydrogen-bond donors (Lipinski definition) is 7. The Morgan fingerprint density at radius 3 is 2.77 bits per heavy atom. The Hall–Kier alpha value is -4.52. The van der Waals surface area contributed by atoms with Crippen molar-refractivity contribution >= 4 is 16.9 Å². The van der Waals surface area contributed by atoms with Crippen LogP contribution < -0.4 is 32.3 Å². The number of fused-ring (bicyclic) bond motifs is 2. The summed E-state index contributed by atoms with van der Waals surface area (Å²) in [5, 5.41) is 37.7. The van der Waals surface area contributed by atoms with Gasteiger partial charge in [0.1, 0.15) is 46.5 Å². The summed E-state index contributed by atoms with van der Waals surface area (Å²) in [6, 6.07) is 1.15. The van der Waals surface area contributed by atoms with Gasteiger partial charge in [0.25, 0.3) is 0 Å². The van der Waals surface area contributed by atoms with Crippen molar-refractivity contribution in [2.45, 2.75) is 83.3 Å². The molecular formula is C35H44N4O8. The number of phenolic OH excluding ortho intramolecular Hbond substituents is 1. The smallest absolute Gasteiger partial charge is 0.333 e. The fraction of sp³-hybridized carbons (Fsp3) is 0.429. The number of aliphatic hydroxyl groups excluding tert-OH is 2. The summed E-state index contributed by atoms with van der Waals surface area (Å²) in [5.41, 5.74) is 13.5. The van der Waals surface area contributed by atoms with Gasteiger partial charge in [0, 0.05) is 54.5 Å². The predicted octanol–water partition coefficient (Wildman–Crippen LogP) is 2.86. The number of carbonyl (C=O) groups is 1. The van der Waals surface area contributed by atoms with E-state index in [9.17, 15) is 24.9 Å². The maximum Gasteiger partial charge on any atom is 0.333 e. The van der Waals surface area contributed by atoms with Crippen molar-refractivity contribution in [1.82, 2.24) is 10.6 Å². The number of phenols is 1. The van der Waals surface area contributed by atoms with E-state index in [1.54, 1.807) is 26.0 Å². The lowest BCUT2D eigenvalue weighted by molar-refractivity contribution is -0.158. The van der Waals surface area contributed by atoms with Gasteiger partial charge in [-0.3, -0.25) is 4.79 Å². The Bertz CT molecular complexity index is 1750. The number of carbonyl (C=O) groups excluding carboxylic acids is 1. The van der Waals surface area contributed by atoms with E-state index in [2.05, 4.69) is 10.6 Å². The summed E-state index contributed by atoms with van der Waals surface area (Å²) >= 11 is 0. The zero-order chi connectivity index (χ0) is 33.9. The van der Waals surface area contributed by atoms with E-state index in [0.717, 1.165) is 17.2 Å². The number of rotatable bonds is 11. The molecule has 252 valence electrons. The highest BCUT2D eigenvalue weighted by Crippen LogP contribution is 2.52. The van der Waals surface area contributed by atoms with Gasteiger partial charge in [-0.15, -0.1) is 0 Å². The zero-order valence-electron chi connectivity index (χ0n) is 27.0. The third kappa shape index (κ3) is 6.95. The van der Waals surface area contributed by atoms with Gasteiger partial charge in [0.05, 0.1) is 12.0 Å². The maximum absolute atomic E-state index is 13.5. The molecule has 12 nitrogen and oxygen atoms in total. The van der Waals surface area contributed by atoms with Crippen LogP contribution in [0, 0.1) is 0 Å². The molecule has 1 unspecified atom stereocenters. The van der Waals surface area contributed by atoms with E-state index >= 15 is 0 Å². The van der Waals surface area contributed by atoms with Gasteiger partial charge in [-0.05, 0) is 69.8 Å². The number of aliphatic hydroxyl groups is 2. The van der Waals surface area contributed by atoms with Crippen molar-refractivity contribution in [3.05, 3.63) is 92.3 Å². The molecule has 3 aliphatic rings. The lowest BCUT2D eigenvalue weighted by atomic mass is 9.79. The van der Waals surface area contributed by atoms with Crippen molar-refractivity contribution in [1.29, 1.82) is 0 Å². The summed E-state index contributed by atoms with van der Waals surface area (Å²) in [4.78, 5) is 26.6. The lowest BCUT2D eigenvalue weighted by Crippen LogP contribution is -2.51. The van der Waals surface area contributed by atoms with Crippen LogP contribution in [0.1, 0.15) is 69.3 Å². The summed E-state index contributed by atoms with van der Waals surface area (Å²) in [6.45, 7) is 5.10. The molecule has 4 heterocycles. The summed E-state index contributed by atoms with van der Waals surface area (Å²) in [6.07, 6.45) is 11.7. The third-order valence-corrected chi connectivity index (χ3v) is 9.11. The second-order valence-electron chi connectivity index (χ2n) is 12.4. The predicted molar refractivity (Wildman–Crippen MR) is 177 cm³/mol. The standard InChI is InChI=1S/C35H44N4O8/c1-4-19(2)34(44)46-26-16-24-31(43)30-25(42)15-22(18-41)45-33(30)29(23(6-5-13-40)21-10-12-38-28(37)14-21)32(24)47-35(26,3)11-9-20-7-8-27(36)39-17-20/h4,7-8,10,14-15,17,23,26-27,38-41,43H,5-6,9,11-13,16,18,36-37H2,1-3H3/b19-4-/t23-,26-,27?,35+/m1/s1. The Labute approximate surface area is 273 Å². The molecular weight excluding hydrogens is 604 g/mol. The van der Waals surface area contributed by atoms with Crippen LogP contribution in [-0.2, 0) is 22.6 Å². The van der Waals surface area contributed by atoms with Crippen LogP contribution in [0.5, 0.6) is 11.5 Å². The number of ether oxygens (including phenoxy) is 2. The second kappa shape index (κ2) is 14.1. The first-order valence-corrected chi connectivity index (χ1v) is 15.9. The van der Waals surface area contributed by atoms with Crippen LogP contribution >= 0.6 is 0 Å². The molecule has 4 atom stereocenters. The van der Waals surface area contributed by atoms with Gasteiger partial charge in [-0.25, -0.2) is 4.79 Å². The van der Waals surface area contributed by atoms with Gasteiger partial charge in [0.15, 0.2) is 5.43 Å². The lowest BCUT2D eigenvalue weighted by Gasteiger charge is -2.43. The molecule has 1 aromatic heterocycles. The molecule has 0 saturated carbocycles. The van der Waals surface area contributed by atoms with E-state index < -0.39 is 35.6 Å². The first-order chi connectivity index (χ1) is 22.5. The van der Waals surface area contributed by atoms with Gasteiger partial charge in [-0.1, -0.05) is 18.2 Å². The number of dihydropyridines is 2. The first-order valence-electron chi connectivity index (χ1n) is 15.9. The van der Waals surface area contributed by atoms with Crippen LogP contribution in [0.25, 0.3) is 11.0 Å². The Kier molecular flexibility index (Phi) is 10.1. The molecule has 0 saturated heterocycles. The Balaban J connectivity index is 1.74. The van der Waals surface area contributed by atoms with Crippen LogP contribution in [0.3, 0.4) is 0 Å². The molecule has 0 radical (unpaired) electrons. The number of benzene rings is 1. The largest absolute Gasteiger partial charge is 0.507 e. The average Bonchev–Trinajstić information content (AvgIpc) is 3.05. The van der Waals surface area contributed by atoms with Crippen molar-refractivity contribution < 1.29 is 34.0 Å². The molecule has 0 aliphatic carbocycles. The maximum atomic E-state index is 13.5. The van der Waals surface area contributed by atoms with Crippen molar-refractivity contribution in [3.8, 4) is 11.5 Å². The third-order valence-electron chi connectivity index (χ3n) is 9.11. The molecule has 0 bridgehead atoms. The summed E-state index contributed by atoms with van der Waals surface area (Å²) < 4.78 is 19.1.